The topological polar surface area (TPSA) is 45.8 Å². The fourth-order valence-corrected chi connectivity index (χ4v) is 2.72. The molecule has 4 nitrogen and oxygen atoms in total. The first-order valence-corrected chi connectivity index (χ1v) is 8.54. The molecule has 1 heterocycles. The Kier molecular flexibility index (Phi) is 6.41. The number of benzene rings is 2. The Morgan fingerprint density at radius 1 is 0.962 bits per heavy atom. The molecule has 0 bridgehead atoms. The lowest BCUT2D eigenvalue weighted by atomic mass is 10.2. The van der Waals surface area contributed by atoms with Crippen molar-refractivity contribution in [2.24, 2.45) is 0 Å². The van der Waals surface area contributed by atoms with E-state index in [4.69, 9.17) is 9.15 Å². The molecule has 0 spiro atoms. The average molecular weight is 355 g/mol. The van der Waals surface area contributed by atoms with Crippen LogP contribution in [0, 0.1) is 5.82 Å². The zero-order valence-corrected chi connectivity index (χ0v) is 14.4. The van der Waals surface area contributed by atoms with Crippen LogP contribution in [0.5, 0.6) is 5.75 Å². The van der Waals surface area contributed by atoms with Gasteiger partial charge in [-0.3, -0.25) is 4.90 Å². The second kappa shape index (κ2) is 9.17. The van der Waals surface area contributed by atoms with E-state index < -0.39 is 6.10 Å². The molecule has 3 aromatic rings. The van der Waals surface area contributed by atoms with E-state index in [0.29, 0.717) is 19.6 Å². The van der Waals surface area contributed by atoms with Gasteiger partial charge in [0.15, 0.2) is 0 Å². The van der Waals surface area contributed by atoms with Crippen LogP contribution >= 0.6 is 0 Å². The van der Waals surface area contributed by atoms with Crippen LogP contribution in [0.4, 0.5) is 4.39 Å². The molecule has 0 saturated heterocycles. The van der Waals surface area contributed by atoms with Crippen molar-refractivity contribution in [3.05, 3.63) is 90.1 Å². The van der Waals surface area contributed by atoms with E-state index >= 15 is 0 Å². The highest BCUT2D eigenvalue weighted by Gasteiger charge is 2.15. The van der Waals surface area contributed by atoms with Gasteiger partial charge in [0, 0.05) is 13.1 Å². The van der Waals surface area contributed by atoms with Crippen LogP contribution in [-0.2, 0) is 13.1 Å². The lowest BCUT2D eigenvalue weighted by Gasteiger charge is -2.24. The van der Waals surface area contributed by atoms with Gasteiger partial charge in [0.05, 0.1) is 12.8 Å². The van der Waals surface area contributed by atoms with E-state index in [9.17, 15) is 9.50 Å². The fourth-order valence-electron chi connectivity index (χ4n) is 2.72. The van der Waals surface area contributed by atoms with Crippen molar-refractivity contribution in [1.29, 1.82) is 0 Å². The summed E-state index contributed by atoms with van der Waals surface area (Å²) in [6.07, 6.45) is 0.964. The number of nitrogens with zero attached hydrogens (tertiary/aromatic N) is 1. The third-order valence-electron chi connectivity index (χ3n) is 3.93. The molecule has 26 heavy (non-hydrogen) atoms. The molecule has 1 unspecified atom stereocenters. The van der Waals surface area contributed by atoms with Crippen LogP contribution in [0.25, 0.3) is 0 Å². The smallest absolute Gasteiger partial charge is 0.123 e. The second-order valence-electron chi connectivity index (χ2n) is 6.15. The maximum Gasteiger partial charge on any atom is 0.123 e. The van der Waals surface area contributed by atoms with E-state index in [-0.39, 0.29) is 12.4 Å². The molecule has 136 valence electrons. The van der Waals surface area contributed by atoms with Crippen molar-refractivity contribution in [3.8, 4) is 5.75 Å². The molecule has 3 rings (SSSR count). The van der Waals surface area contributed by atoms with E-state index in [1.54, 1.807) is 18.4 Å². The highest BCUT2D eigenvalue weighted by molar-refractivity contribution is 5.21. The summed E-state index contributed by atoms with van der Waals surface area (Å²) in [5.41, 5.74) is 0.967. The minimum Gasteiger partial charge on any atom is -0.491 e. The Morgan fingerprint density at radius 2 is 1.73 bits per heavy atom. The summed E-state index contributed by atoms with van der Waals surface area (Å²) in [5, 5.41) is 10.4. The molecule has 1 N–H and O–H groups in total. The van der Waals surface area contributed by atoms with Crippen LogP contribution in [0.3, 0.4) is 0 Å². The standard InChI is InChI=1S/C21H22FNO3/c22-18-10-8-17(9-11-18)13-23(15-21-7-4-12-25-21)14-19(24)16-26-20-5-2-1-3-6-20/h1-12,19,24H,13-16H2. The lowest BCUT2D eigenvalue weighted by molar-refractivity contribution is 0.0604. The van der Waals surface area contributed by atoms with E-state index in [2.05, 4.69) is 0 Å². The molecule has 0 saturated carbocycles. The molecule has 0 aliphatic carbocycles. The first-order valence-electron chi connectivity index (χ1n) is 8.54. The predicted octanol–water partition coefficient (Wildman–Crippen LogP) is 3.86. The third-order valence-corrected chi connectivity index (χ3v) is 3.93. The normalized spacial score (nSPS) is 12.3. The van der Waals surface area contributed by atoms with E-state index in [1.165, 1.54) is 12.1 Å². The molecule has 0 radical (unpaired) electrons. The Hall–Kier alpha value is -2.63. The SMILES string of the molecule is OC(COc1ccccc1)CN(Cc1ccc(F)cc1)Cc1ccco1. The van der Waals surface area contributed by atoms with Crippen LogP contribution in [0.15, 0.2) is 77.4 Å². The Morgan fingerprint density at radius 3 is 2.42 bits per heavy atom. The minimum atomic E-state index is -0.661. The Bertz CT molecular complexity index is 760. The first kappa shape index (κ1) is 18.2. The van der Waals surface area contributed by atoms with Gasteiger partial charge in [-0.05, 0) is 42.0 Å². The van der Waals surface area contributed by atoms with Gasteiger partial charge in [-0.2, -0.15) is 0 Å². The van der Waals surface area contributed by atoms with Gasteiger partial charge in [-0.15, -0.1) is 0 Å². The van der Waals surface area contributed by atoms with Gasteiger partial charge in [0.2, 0.25) is 0 Å². The molecule has 1 atom stereocenters. The molecule has 0 amide bonds. The molecular weight excluding hydrogens is 333 g/mol. The number of aliphatic hydroxyl groups excluding tert-OH is 1. The van der Waals surface area contributed by atoms with Crippen LogP contribution in [-0.4, -0.2) is 29.3 Å². The summed E-state index contributed by atoms with van der Waals surface area (Å²) >= 11 is 0. The van der Waals surface area contributed by atoms with Gasteiger partial charge in [-0.25, -0.2) is 4.39 Å². The number of rotatable bonds is 9. The Labute approximate surface area is 152 Å². The highest BCUT2D eigenvalue weighted by atomic mass is 19.1. The maximum absolute atomic E-state index is 13.1. The summed E-state index contributed by atoms with van der Waals surface area (Å²) in [6, 6.07) is 19.5. The van der Waals surface area contributed by atoms with Gasteiger partial charge in [0.25, 0.3) is 0 Å². The van der Waals surface area contributed by atoms with Crippen molar-refractivity contribution in [1.82, 2.24) is 4.90 Å². The lowest BCUT2D eigenvalue weighted by Crippen LogP contribution is -2.35. The largest absolute Gasteiger partial charge is 0.491 e. The molecule has 0 aliphatic heterocycles. The average Bonchev–Trinajstić information content (AvgIpc) is 3.16. The van der Waals surface area contributed by atoms with Crippen molar-refractivity contribution in [2.45, 2.75) is 19.2 Å². The van der Waals surface area contributed by atoms with Gasteiger partial charge < -0.3 is 14.3 Å². The fraction of sp³-hybridized carbons (Fsp3) is 0.238. The van der Waals surface area contributed by atoms with Crippen molar-refractivity contribution in [3.63, 3.8) is 0 Å². The molecule has 0 aliphatic rings. The van der Waals surface area contributed by atoms with Gasteiger partial charge in [-0.1, -0.05) is 30.3 Å². The summed E-state index contributed by atoms with van der Waals surface area (Å²) < 4.78 is 24.2. The molecule has 0 fully saturated rings. The number of para-hydroxylation sites is 1. The number of hydrogen-bond acceptors (Lipinski definition) is 4. The van der Waals surface area contributed by atoms with Gasteiger partial charge >= 0.3 is 0 Å². The Balaban J connectivity index is 1.59. The van der Waals surface area contributed by atoms with Crippen molar-refractivity contribution < 1.29 is 18.7 Å². The second-order valence-corrected chi connectivity index (χ2v) is 6.15. The molecule has 5 heteroatoms. The highest BCUT2D eigenvalue weighted by Crippen LogP contribution is 2.13. The van der Waals surface area contributed by atoms with E-state index in [0.717, 1.165) is 17.1 Å². The zero-order chi connectivity index (χ0) is 18.2. The number of furan rings is 1. The van der Waals surface area contributed by atoms with Crippen molar-refractivity contribution >= 4 is 0 Å². The molecule has 2 aromatic carbocycles. The minimum absolute atomic E-state index is 0.197. The zero-order valence-electron chi connectivity index (χ0n) is 14.4. The summed E-state index contributed by atoms with van der Waals surface area (Å²) in [7, 11) is 0. The number of aliphatic hydroxyl groups is 1. The quantitative estimate of drug-likeness (QED) is 0.633. The number of ether oxygens (including phenoxy) is 1. The predicted molar refractivity (Wildman–Crippen MR) is 97.2 cm³/mol. The summed E-state index contributed by atoms with van der Waals surface area (Å²) in [4.78, 5) is 2.05. The first-order chi connectivity index (χ1) is 12.7. The van der Waals surface area contributed by atoms with E-state index in [1.807, 2.05) is 47.4 Å². The summed E-state index contributed by atoms with van der Waals surface area (Å²) in [5.74, 6) is 1.27. The maximum atomic E-state index is 13.1. The number of hydrogen-bond donors (Lipinski definition) is 1. The van der Waals surface area contributed by atoms with Crippen LogP contribution < -0.4 is 4.74 Å². The summed E-state index contributed by atoms with van der Waals surface area (Å²) in [6.45, 7) is 1.73. The molecular formula is C21H22FNO3. The van der Waals surface area contributed by atoms with Crippen LogP contribution in [0.1, 0.15) is 11.3 Å². The van der Waals surface area contributed by atoms with Crippen LogP contribution in [0.2, 0.25) is 0 Å². The number of halogens is 1. The monoisotopic (exact) mass is 355 g/mol. The van der Waals surface area contributed by atoms with Crippen molar-refractivity contribution in [2.75, 3.05) is 13.2 Å². The molecule has 1 aromatic heterocycles. The van der Waals surface area contributed by atoms with Gasteiger partial charge in [0.1, 0.15) is 30.0 Å². The third kappa shape index (κ3) is 5.72.